The number of benzene rings is 1. The van der Waals surface area contributed by atoms with Crippen molar-refractivity contribution in [3.63, 3.8) is 0 Å². The summed E-state index contributed by atoms with van der Waals surface area (Å²) in [6.07, 6.45) is 6.96. The molecule has 0 bridgehead atoms. The number of nitrogens with one attached hydrogen (secondary N) is 2. The Morgan fingerprint density at radius 2 is 2.15 bits per heavy atom. The third-order valence-electron chi connectivity index (χ3n) is 4.93. The van der Waals surface area contributed by atoms with Crippen LogP contribution < -0.4 is 20.9 Å². The maximum atomic E-state index is 12.7. The van der Waals surface area contributed by atoms with Crippen molar-refractivity contribution in [3.8, 4) is 5.75 Å². The topological polar surface area (TPSA) is 80.5 Å². The first kappa shape index (κ1) is 17.3. The van der Waals surface area contributed by atoms with Gasteiger partial charge < -0.3 is 10.1 Å². The first-order valence-electron chi connectivity index (χ1n) is 9.16. The fraction of sp³-hybridized carbons (Fsp3) is 0.350. The number of allylic oxidation sites excluding steroid dienone is 2. The van der Waals surface area contributed by atoms with E-state index in [0.29, 0.717) is 17.6 Å². The molecule has 0 spiro atoms. The van der Waals surface area contributed by atoms with Crippen LogP contribution in [0.1, 0.15) is 31.1 Å². The van der Waals surface area contributed by atoms with Crippen LogP contribution in [0.15, 0.2) is 52.3 Å². The van der Waals surface area contributed by atoms with Gasteiger partial charge in [0.1, 0.15) is 11.9 Å². The fourth-order valence-corrected chi connectivity index (χ4v) is 3.62. The van der Waals surface area contributed by atoms with E-state index in [1.54, 1.807) is 17.7 Å². The first-order chi connectivity index (χ1) is 13.2. The van der Waals surface area contributed by atoms with Crippen LogP contribution in [-0.2, 0) is 0 Å². The van der Waals surface area contributed by atoms with Crippen LogP contribution in [0.5, 0.6) is 5.75 Å². The van der Waals surface area contributed by atoms with Crippen LogP contribution in [0, 0.1) is 12.8 Å². The molecule has 2 aromatic rings. The Bertz CT molecular complexity index is 963. The molecule has 7 heteroatoms. The van der Waals surface area contributed by atoms with Crippen molar-refractivity contribution in [3.05, 3.63) is 58.5 Å². The van der Waals surface area contributed by atoms with Gasteiger partial charge in [-0.25, -0.2) is 9.98 Å². The molecule has 4 rings (SSSR count). The average Bonchev–Trinajstić information content (AvgIpc) is 2.68. The number of hydrogen-bond donors (Lipinski definition) is 2. The summed E-state index contributed by atoms with van der Waals surface area (Å²) in [6.45, 7) is 1.82. The molecule has 7 nitrogen and oxygen atoms in total. The number of rotatable bonds is 3. The Labute approximate surface area is 157 Å². The van der Waals surface area contributed by atoms with Crippen molar-refractivity contribution in [1.82, 2.24) is 9.55 Å². The largest absolute Gasteiger partial charge is 0.495 e. The molecule has 0 radical (unpaired) electrons. The van der Waals surface area contributed by atoms with Gasteiger partial charge in [0.05, 0.1) is 12.8 Å². The second-order valence-corrected chi connectivity index (χ2v) is 6.82. The molecular weight excluding hydrogens is 342 g/mol. The highest BCUT2D eigenvalue weighted by atomic mass is 16.5. The quantitative estimate of drug-likeness (QED) is 0.816. The number of guanidine groups is 1. The average molecular weight is 365 g/mol. The van der Waals surface area contributed by atoms with E-state index in [1.807, 2.05) is 31.2 Å². The first-order valence-corrected chi connectivity index (χ1v) is 9.16. The summed E-state index contributed by atoms with van der Waals surface area (Å²) in [5.74, 6) is 2.07. The van der Waals surface area contributed by atoms with Crippen LogP contribution in [0.4, 0.5) is 11.6 Å². The van der Waals surface area contributed by atoms with Gasteiger partial charge in [-0.2, -0.15) is 0 Å². The molecule has 2 heterocycles. The van der Waals surface area contributed by atoms with E-state index in [4.69, 9.17) is 9.73 Å². The van der Waals surface area contributed by atoms with Gasteiger partial charge >= 0.3 is 0 Å². The lowest BCUT2D eigenvalue weighted by molar-refractivity contribution is 0.308. The van der Waals surface area contributed by atoms with Gasteiger partial charge in [-0.05, 0) is 38.3 Å². The Kier molecular flexibility index (Phi) is 4.66. The highest BCUT2D eigenvalue weighted by Gasteiger charge is 2.30. The number of ether oxygens (including phenoxy) is 1. The molecule has 27 heavy (non-hydrogen) atoms. The number of hydrogen-bond acceptors (Lipinski definition) is 6. The minimum absolute atomic E-state index is 0.0790. The van der Waals surface area contributed by atoms with Gasteiger partial charge in [0, 0.05) is 17.7 Å². The zero-order valence-electron chi connectivity index (χ0n) is 15.5. The summed E-state index contributed by atoms with van der Waals surface area (Å²) >= 11 is 0. The molecule has 2 N–H and O–H groups in total. The highest BCUT2D eigenvalue weighted by Crippen LogP contribution is 2.34. The van der Waals surface area contributed by atoms with Gasteiger partial charge in [-0.1, -0.05) is 24.3 Å². The summed E-state index contributed by atoms with van der Waals surface area (Å²) in [5, 5.41) is 6.45. The van der Waals surface area contributed by atoms with Crippen LogP contribution in [0.25, 0.3) is 0 Å². The second kappa shape index (κ2) is 7.26. The fourth-order valence-electron chi connectivity index (χ4n) is 3.62. The number of aromatic nitrogens is 2. The molecule has 1 aromatic heterocycles. The predicted molar refractivity (Wildman–Crippen MR) is 106 cm³/mol. The van der Waals surface area contributed by atoms with E-state index in [9.17, 15) is 4.79 Å². The molecule has 0 amide bonds. The Hall–Kier alpha value is -3.09. The molecule has 0 unspecified atom stereocenters. The number of anilines is 2. The van der Waals surface area contributed by atoms with Crippen LogP contribution >= 0.6 is 0 Å². The third-order valence-corrected chi connectivity index (χ3v) is 4.93. The molecule has 2 aliphatic rings. The van der Waals surface area contributed by atoms with Gasteiger partial charge in [0.15, 0.2) is 0 Å². The van der Waals surface area contributed by atoms with E-state index in [1.165, 1.54) is 0 Å². The van der Waals surface area contributed by atoms with Crippen LogP contribution in [0.2, 0.25) is 0 Å². The predicted octanol–water partition coefficient (Wildman–Crippen LogP) is 3.31. The van der Waals surface area contributed by atoms with Crippen molar-refractivity contribution >= 4 is 17.6 Å². The van der Waals surface area contributed by atoms with E-state index in [2.05, 4.69) is 27.8 Å². The lowest BCUT2D eigenvalue weighted by atomic mass is 9.91. The Balaban J connectivity index is 1.73. The molecule has 0 saturated carbocycles. The molecule has 0 saturated heterocycles. The zero-order valence-corrected chi connectivity index (χ0v) is 15.5. The third kappa shape index (κ3) is 3.45. The summed E-state index contributed by atoms with van der Waals surface area (Å²) in [7, 11) is 1.63. The number of para-hydroxylation sites is 2. The van der Waals surface area contributed by atoms with Crippen molar-refractivity contribution in [1.29, 1.82) is 0 Å². The summed E-state index contributed by atoms with van der Waals surface area (Å²) in [6, 6.07) is 9.21. The number of aryl methyl sites for hydroxylation is 1. The Morgan fingerprint density at radius 3 is 2.93 bits per heavy atom. The van der Waals surface area contributed by atoms with Crippen LogP contribution in [-0.4, -0.2) is 22.6 Å². The van der Waals surface area contributed by atoms with Gasteiger partial charge in [-0.3, -0.25) is 14.7 Å². The smallest absolute Gasteiger partial charge is 0.256 e. The van der Waals surface area contributed by atoms with Crippen molar-refractivity contribution in [2.24, 2.45) is 10.9 Å². The normalized spacial score (nSPS) is 21.0. The Morgan fingerprint density at radius 1 is 1.30 bits per heavy atom. The minimum atomic E-state index is -0.288. The standard InChI is InChI=1S/C20H23N5O2/c1-13-12-17(26)25-18(14-8-4-3-5-9-14)23-19(24-20(25)21-13)22-15-10-6-7-11-16(15)27-2/h3-4,6-7,10-12,14,18H,5,8-9H2,1-2H3,(H2,21,22,23,24)/t14-,18-/m0/s1. The molecular formula is C20H23N5O2. The molecule has 0 fully saturated rings. The van der Waals surface area contributed by atoms with E-state index in [-0.39, 0.29) is 17.6 Å². The van der Waals surface area contributed by atoms with Crippen molar-refractivity contribution < 1.29 is 4.74 Å². The molecule has 1 aliphatic carbocycles. The zero-order chi connectivity index (χ0) is 18.8. The monoisotopic (exact) mass is 365 g/mol. The SMILES string of the molecule is COc1ccccc1NC1=N[C@H]([C@H]2CC=CCC2)n2c(nc(C)cc2=O)N1. The molecule has 2 atom stereocenters. The summed E-state index contributed by atoms with van der Waals surface area (Å²) in [4.78, 5) is 22.0. The van der Waals surface area contributed by atoms with Gasteiger partial charge in [0.2, 0.25) is 11.9 Å². The highest BCUT2D eigenvalue weighted by molar-refractivity contribution is 6.04. The molecule has 140 valence electrons. The lowest BCUT2D eigenvalue weighted by Gasteiger charge is -2.32. The number of fused-ring (bicyclic) bond motifs is 1. The molecule has 1 aliphatic heterocycles. The minimum Gasteiger partial charge on any atom is -0.495 e. The van der Waals surface area contributed by atoms with Crippen molar-refractivity contribution in [2.45, 2.75) is 32.4 Å². The van der Waals surface area contributed by atoms with E-state index < -0.39 is 0 Å². The van der Waals surface area contributed by atoms with Gasteiger partial charge in [-0.15, -0.1) is 0 Å². The second-order valence-electron chi connectivity index (χ2n) is 6.82. The van der Waals surface area contributed by atoms with Crippen molar-refractivity contribution in [2.75, 3.05) is 17.7 Å². The van der Waals surface area contributed by atoms with E-state index in [0.717, 1.165) is 30.7 Å². The van der Waals surface area contributed by atoms with Gasteiger partial charge in [0.25, 0.3) is 5.56 Å². The summed E-state index contributed by atoms with van der Waals surface area (Å²) < 4.78 is 7.08. The number of methoxy groups -OCH3 is 1. The number of aliphatic imine (C=N–C) groups is 1. The maximum absolute atomic E-state index is 12.7. The van der Waals surface area contributed by atoms with E-state index >= 15 is 0 Å². The number of nitrogens with zero attached hydrogens (tertiary/aromatic N) is 3. The lowest BCUT2D eigenvalue weighted by Crippen LogP contribution is -2.40. The molecule has 1 aromatic carbocycles. The summed E-state index contributed by atoms with van der Waals surface area (Å²) in [5.41, 5.74) is 1.40. The maximum Gasteiger partial charge on any atom is 0.256 e. The van der Waals surface area contributed by atoms with Crippen LogP contribution in [0.3, 0.4) is 0 Å².